The van der Waals surface area contributed by atoms with Crippen LogP contribution in [0.15, 0.2) is 35.8 Å². The number of allylic oxidation sites excluding steroid dienone is 1. The third-order valence-electron chi connectivity index (χ3n) is 5.73. The van der Waals surface area contributed by atoms with Crippen LogP contribution in [0.2, 0.25) is 0 Å². The highest BCUT2D eigenvalue weighted by atomic mass is 19.4. The van der Waals surface area contributed by atoms with Crippen molar-refractivity contribution in [3.8, 4) is 0 Å². The van der Waals surface area contributed by atoms with Crippen LogP contribution in [0.4, 0.5) is 13.2 Å². The molecule has 2 aliphatic heterocycles. The maximum absolute atomic E-state index is 13.5. The Morgan fingerprint density at radius 1 is 1.13 bits per heavy atom. The molecule has 0 spiro atoms. The van der Waals surface area contributed by atoms with Crippen LogP contribution in [-0.2, 0) is 36.4 Å². The summed E-state index contributed by atoms with van der Waals surface area (Å²) in [5.41, 5.74) is -1.85. The average molecular weight is 441 g/mol. The quantitative estimate of drug-likeness (QED) is 0.652. The molecule has 3 rings (SSSR count). The first-order valence-electron chi connectivity index (χ1n) is 10.3. The number of piperidine rings is 1. The standard InChI is InChI=1S/C22H26F3NO5/c1-3-29-20(28)21(14-16-6-4-5-7-17(16)22(23,24)25)8-10-26(11-9-21)19(27)18-15(2)30-12-13-31-18/h4-7H,3,8-14H2,1-2H3. The lowest BCUT2D eigenvalue weighted by Crippen LogP contribution is -2.49. The number of amides is 1. The van der Waals surface area contributed by atoms with Gasteiger partial charge in [0.15, 0.2) is 0 Å². The van der Waals surface area contributed by atoms with Crippen LogP contribution in [0, 0.1) is 5.41 Å². The van der Waals surface area contributed by atoms with Crippen molar-refractivity contribution in [3.63, 3.8) is 0 Å². The predicted molar refractivity (Wildman–Crippen MR) is 105 cm³/mol. The lowest BCUT2D eigenvalue weighted by Gasteiger charge is -2.40. The molecule has 0 N–H and O–H groups in total. The summed E-state index contributed by atoms with van der Waals surface area (Å²) in [4.78, 5) is 27.2. The monoisotopic (exact) mass is 441 g/mol. The van der Waals surface area contributed by atoms with Crippen molar-refractivity contribution in [1.29, 1.82) is 0 Å². The first kappa shape index (κ1) is 23.0. The van der Waals surface area contributed by atoms with Gasteiger partial charge in [0.2, 0.25) is 5.76 Å². The summed E-state index contributed by atoms with van der Waals surface area (Å²) in [6.45, 7) is 4.47. The summed E-state index contributed by atoms with van der Waals surface area (Å²) in [5, 5.41) is 0. The van der Waals surface area contributed by atoms with Crippen molar-refractivity contribution in [2.45, 2.75) is 39.3 Å². The molecule has 0 aromatic heterocycles. The first-order chi connectivity index (χ1) is 14.7. The van der Waals surface area contributed by atoms with Crippen molar-refractivity contribution >= 4 is 11.9 Å². The fourth-order valence-corrected chi connectivity index (χ4v) is 4.05. The SMILES string of the molecule is CCOC(=O)C1(Cc2ccccc2C(F)(F)F)CCN(C(=O)C2=C(C)OCCO2)CC1. The van der Waals surface area contributed by atoms with Gasteiger partial charge < -0.3 is 19.1 Å². The molecular formula is C22H26F3NO5. The molecule has 0 atom stereocenters. The van der Waals surface area contributed by atoms with E-state index in [1.807, 2.05) is 0 Å². The Morgan fingerprint density at radius 3 is 2.39 bits per heavy atom. The van der Waals surface area contributed by atoms with Gasteiger partial charge in [-0.15, -0.1) is 0 Å². The number of ether oxygens (including phenoxy) is 3. The minimum absolute atomic E-state index is 0.0467. The van der Waals surface area contributed by atoms with Gasteiger partial charge in [-0.3, -0.25) is 9.59 Å². The van der Waals surface area contributed by atoms with Crippen molar-refractivity contribution in [1.82, 2.24) is 4.90 Å². The van der Waals surface area contributed by atoms with Gasteiger partial charge in [-0.1, -0.05) is 18.2 Å². The highest BCUT2D eigenvalue weighted by molar-refractivity contribution is 5.92. The molecule has 1 fully saturated rings. The number of rotatable bonds is 5. The van der Waals surface area contributed by atoms with E-state index in [9.17, 15) is 22.8 Å². The molecule has 0 bridgehead atoms. The Bertz CT molecular complexity index is 857. The molecule has 1 aromatic rings. The van der Waals surface area contributed by atoms with Crippen LogP contribution >= 0.6 is 0 Å². The molecular weight excluding hydrogens is 415 g/mol. The highest BCUT2D eigenvalue weighted by Crippen LogP contribution is 2.41. The van der Waals surface area contributed by atoms with Gasteiger partial charge in [0, 0.05) is 13.1 Å². The van der Waals surface area contributed by atoms with Crippen molar-refractivity contribution in [2.24, 2.45) is 5.41 Å². The number of benzene rings is 1. The molecule has 1 aromatic carbocycles. The van der Waals surface area contributed by atoms with Crippen LogP contribution in [0.3, 0.4) is 0 Å². The third kappa shape index (κ3) is 4.97. The number of carbonyl (C=O) groups is 2. The topological polar surface area (TPSA) is 65.1 Å². The van der Waals surface area contributed by atoms with E-state index in [1.165, 1.54) is 18.2 Å². The summed E-state index contributed by atoms with van der Waals surface area (Å²) < 4.78 is 56.5. The van der Waals surface area contributed by atoms with Crippen molar-refractivity contribution in [2.75, 3.05) is 32.9 Å². The molecule has 0 saturated carbocycles. The van der Waals surface area contributed by atoms with E-state index < -0.39 is 23.1 Å². The van der Waals surface area contributed by atoms with E-state index in [0.717, 1.165) is 6.07 Å². The number of halogens is 3. The Morgan fingerprint density at radius 2 is 1.77 bits per heavy atom. The fourth-order valence-electron chi connectivity index (χ4n) is 4.05. The van der Waals surface area contributed by atoms with Crippen LogP contribution in [0.25, 0.3) is 0 Å². The van der Waals surface area contributed by atoms with Crippen molar-refractivity contribution < 1.29 is 37.0 Å². The summed E-state index contributed by atoms with van der Waals surface area (Å²) in [6, 6.07) is 5.26. The van der Waals surface area contributed by atoms with Crippen LogP contribution in [0.5, 0.6) is 0 Å². The van der Waals surface area contributed by atoms with E-state index in [2.05, 4.69) is 0 Å². The number of carbonyl (C=O) groups excluding carboxylic acids is 2. The summed E-state index contributed by atoms with van der Waals surface area (Å²) in [7, 11) is 0. The molecule has 1 amide bonds. The molecule has 2 aliphatic rings. The molecule has 9 heteroatoms. The van der Waals surface area contributed by atoms with Gasteiger partial charge in [0.05, 0.1) is 17.6 Å². The number of hydrogen-bond donors (Lipinski definition) is 0. The smallest absolute Gasteiger partial charge is 0.416 e. The number of esters is 1. The van der Waals surface area contributed by atoms with Gasteiger partial charge in [0.25, 0.3) is 5.91 Å². The van der Waals surface area contributed by atoms with Gasteiger partial charge in [-0.25, -0.2) is 0 Å². The minimum Gasteiger partial charge on any atom is -0.491 e. The Balaban J connectivity index is 1.83. The Labute approximate surface area is 178 Å². The maximum atomic E-state index is 13.5. The normalized spacial score (nSPS) is 18.8. The summed E-state index contributed by atoms with van der Waals surface area (Å²) in [5.74, 6) is -0.341. The van der Waals surface area contributed by atoms with Gasteiger partial charge in [-0.2, -0.15) is 13.2 Å². The molecule has 0 unspecified atom stereocenters. The second-order valence-electron chi connectivity index (χ2n) is 7.71. The van der Waals surface area contributed by atoms with Gasteiger partial charge in [0.1, 0.15) is 19.0 Å². The van der Waals surface area contributed by atoms with Crippen LogP contribution in [-0.4, -0.2) is 49.7 Å². The number of nitrogens with zero attached hydrogens (tertiary/aromatic N) is 1. The molecule has 1 saturated heterocycles. The second kappa shape index (κ2) is 9.20. The van der Waals surface area contributed by atoms with E-state index in [4.69, 9.17) is 14.2 Å². The van der Waals surface area contributed by atoms with E-state index in [-0.39, 0.29) is 62.8 Å². The van der Waals surface area contributed by atoms with Crippen molar-refractivity contribution in [3.05, 3.63) is 46.9 Å². The number of alkyl halides is 3. The second-order valence-corrected chi connectivity index (χ2v) is 7.71. The molecule has 0 radical (unpaired) electrons. The number of hydrogen-bond acceptors (Lipinski definition) is 5. The van der Waals surface area contributed by atoms with Crippen LogP contribution < -0.4 is 0 Å². The average Bonchev–Trinajstić information content (AvgIpc) is 2.74. The van der Waals surface area contributed by atoms with Gasteiger partial charge in [-0.05, 0) is 44.7 Å². The molecule has 2 heterocycles. The molecule has 0 aliphatic carbocycles. The third-order valence-corrected chi connectivity index (χ3v) is 5.73. The van der Waals surface area contributed by atoms with E-state index in [1.54, 1.807) is 18.7 Å². The lowest BCUT2D eigenvalue weighted by molar-refractivity contribution is -0.161. The molecule has 31 heavy (non-hydrogen) atoms. The Hall–Kier alpha value is -2.71. The zero-order valence-corrected chi connectivity index (χ0v) is 17.6. The molecule has 170 valence electrons. The maximum Gasteiger partial charge on any atom is 0.416 e. The molecule has 6 nitrogen and oxygen atoms in total. The largest absolute Gasteiger partial charge is 0.491 e. The minimum atomic E-state index is -4.52. The van der Waals surface area contributed by atoms with Gasteiger partial charge >= 0.3 is 12.1 Å². The first-order valence-corrected chi connectivity index (χ1v) is 10.3. The fraction of sp³-hybridized carbons (Fsp3) is 0.545. The van der Waals surface area contributed by atoms with E-state index >= 15 is 0 Å². The Kier molecular flexibility index (Phi) is 6.81. The lowest BCUT2D eigenvalue weighted by atomic mass is 9.73. The summed E-state index contributed by atoms with van der Waals surface area (Å²) >= 11 is 0. The highest BCUT2D eigenvalue weighted by Gasteiger charge is 2.46. The predicted octanol–water partition coefficient (Wildman–Crippen LogP) is 3.70. The number of likely N-dealkylation sites (tertiary alicyclic amines) is 1. The summed E-state index contributed by atoms with van der Waals surface area (Å²) in [6.07, 6.45) is -4.25. The zero-order chi connectivity index (χ0) is 22.6. The van der Waals surface area contributed by atoms with Crippen LogP contribution in [0.1, 0.15) is 37.8 Å². The van der Waals surface area contributed by atoms with E-state index in [0.29, 0.717) is 12.4 Å². The zero-order valence-electron chi connectivity index (χ0n) is 17.6.